The van der Waals surface area contributed by atoms with E-state index in [1.165, 1.54) is 6.07 Å². The number of halogens is 1. The molecule has 1 N–H and O–H groups in total. The van der Waals surface area contributed by atoms with Crippen LogP contribution in [0.25, 0.3) is 22.3 Å². The first kappa shape index (κ1) is 13.8. The van der Waals surface area contributed by atoms with E-state index in [-0.39, 0.29) is 11.9 Å². The molecule has 0 aliphatic heterocycles. The van der Waals surface area contributed by atoms with Crippen molar-refractivity contribution in [2.75, 3.05) is 7.05 Å². The number of hydrogen-bond acceptors (Lipinski definition) is 2. The molecule has 0 spiro atoms. The molecule has 2 aromatic carbocycles. The van der Waals surface area contributed by atoms with Crippen molar-refractivity contribution in [1.29, 1.82) is 0 Å². The van der Waals surface area contributed by atoms with Crippen LogP contribution in [0, 0.1) is 12.7 Å². The Balaban J connectivity index is 2.15. The van der Waals surface area contributed by atoms with Gasteiger partial charge in [0.15, 0.2) is 0 Å². The fourth-order valence-corrected chi connectivity index (χ4v) is 2.51. The lowest BCUT2D eigenvalue weighted by Crippen LogP contribution is -2.12. The van der Waals surface area contributed by atoms with Crippen LogP contribution in [0.2, 0.25) is 0 Å². The van der Waals surface area contributed by atoms with Gasteiger partial charge in [0.25, 0.3) is 0 Å². The summed E-state index contributed by atoms with van der Waals surface area (Å²) in [4.78, 5) is 0. The molecule has 108 valence electrons. The van der Waals surface area contributed by atoms with Gasteiger partial charge in [0.2, 0.25) is 0 Å². The van der Waals surface area contributed by atoms with Crippen LogP contribution in [-0.4, -0.2) is 7.05 Å². The number of furan rings is 1. The predicted octanol–water partition coefficient (Wildman–Crippen LogP) is 4.83. The van der Waals surface area contributed by atoms with E-state index >= 15 is 0 Å². The lowest BCUT2D eigenvalue weighted by Gasteiger charge is -2.11. The summed E-state index contributed by atoms with van der Waals surface area (Å²) < 4.78 is 20.0. The highest BCUT2D eigenvalue weighted by Crippen LogP contribution is 2.32. The molecule has 1 unspecified atom stereocenters. The molecule has 0 saturated heterocycles. The normalized spacial score (nSPS) is 12.8. The minimum atomic E-state index is -0.265. The number of nitrogens with one attached hydrogen (secondary N) is 1. The molecular formula is C18H18FNO. The third-order valence-corrected chi connectivity index (χ3v) is 3.93. The largest absolute Gasteiger partial charge is 0.456 e. The minimum absolute atomic E-state index is 0.162. The molecule has 21 heavy (non-hydrogen) atoms. The Kier molecular flexibility index (Phi) is 3.52. The van der Waals surface area contributed by atoms with Gasteiger partial charge in [0.05, 0.1) is 5.56 Å². The van der Waals surface area contributed by atoms with Gasteiger partial charge >= 0.3 is 0 Å². The van der Waals surface area contributed by atoms with E-state index in [1.54, 1.807) is 6.07 Å². The van der Waals surface area contributed by atoms with E-state index < -0.39 is 0 Å². The third-order valence-electron chi connectivity index (χ3n) is 3.93. The zero-order valence-electron chi connectivity index (χ0n) is 12.4. The number of fused-ring (bicyclic) bond motifs is 1. The summed E-state index contributed by atoms with van der Waals surface area (Å²) in [7, 11) is 1.89. The molecule has 0 aliphatic rings. The topological polar surface area (TPSA) is 25.2 Å². The predicted molar refractivity (Wildman–Crippen MR) is 83.8 cm³/mol. The maximum atomic E-state index is 14.2. The van der Waals surface area contributed by atoms with Gasteiger partial charge < -0.3 is 9.73 Å². The smallest absolute Gasteiger partial charge is 0.138 e. The molecule has 1 heterocycles. The van der Waals surface area contributed by atoms with E-state index in [9.17, 15) is 4.39 Å². The van der Waals surface area contributed by atoms with Crippen LogP contribution >= 0.6 is 0 Å². The highest BCUT2D eigenvalue weighted by atomic mass is 19.1. The third kappa shape index (κ3) is 2.45. The molecule has 3 rings (SSSR count). The first-order valence-corrected chi connectivity index (χ1v) is 7.06. The summed E-state index contributed by atoms with van der Waals surface area (Å²) in [5.74, 6) is 0.306. The molecular weight excluding hydrogens is 265 g/mol. The van der Waals surface area contributed by atoms with Gasteiger partial charge in [0.1, 0.15) is 17.2 Å². The molecule has 0 saturated carbocycles. The maximum Gasteiger partial charge on any atom is 0.138 e. The quantitative estimate of drug-likeness (QED) is 0.745. The van der Waals surface area contributed by atoms with Gasteiger partial charge in [-0.3, -0.25) is 0 Å². The summed E-state index contributed by atoms with van der Waals surface area (Å²) in [6.45, 7) is 4.03. The van der Waals surface area contributed by atoms with Crippen molar-refractivity contribution in [3.8, 4) is 11.3 Å². The summed E-state index contributed by atoms with van der Waals surface area (Å²) in [5.41, 5.74) is 3.41. The van der Waals surface area contributed by atoms with E-state index in [1.807, 2.05) is 51.2 Å². The van der Waals surface area contributed by atoms with Crippen molar-refractivity contribution in [3.05, 3.63) is 59.4 Å². The fourth-order valence-electron chi connectivity index (χ4n) is 2.51. The SMILES string of the molecule is CNC(C)c1ccc(F)c(-c2cc3cccc(C)c3o2)c1. The van der Waals surface area contributed by atoms with E-state index in [0.29, 0.717) is 11.3 Å². The number of rotatable bonds is 3. The average molecular weight is 283 g/mol. The van der Waals surface area contributed by atoms with Gasteiger partial charge in [-0.05, 0) is 50.2 Å². The van der Waals surface area contributed by atoms with E-state index in [4.69, 9.17) is 4.42 Å². The van der Waals surface area contributed by atoms with E-state index in [0.717, 1.165) is 22.1 Å². The first-order valence-electron chi connectivity index (χ1n) is 7.06. The molecule has 1 aromatic heterocycles. The number of aryl methyl sites for hydroxylation is 1. The Morgan fingerprint density at radius 2 is 1.95 bits per heavy atom. The molecule has 0 amide bonds. The zero-order chi connectivity index (χ0) is 15.0. The van der Waals surface area contributed by atoms with Crippen molar-refractivity contribution in [1.82, 2.24) is 5.32 Å². The molecule has 0 radical (unpaired) electrons. The van der Waals surface area contributed by atoms with Crippen LogP contribution in [0.4, 0.5) is 4.39 Å². The van der Waals surface area contributed by atoms with Crippen LogP contribution in [0.5, 0.6) is 0 Å². The summed E-state index contributed by atoms with van der Waals surface area (Å²) in [6, 6.07) is 13.2. The Hall–Kier alpha value is -2.13. The van der Waals surface area contributed by atoms with Crippen molar-refractivity contribution in [3.63, 3.8) is 0 Å². The Morgan fingerprint density at radius 1 is 1.14 bits per heavy atom. The lowest BCUT2D eigenvalue weighted by molar-refractivity contribution is 0.596. The van der Waals surface area contributed by atoms with Gasteiger partial charge in [-0.1, -0.05) is 24.3 Å². The van der Waals surface area contributed by atoms with Crippen LogP contribution in [0.3, 0.4) is 0 Å². The first-order chi connectivity index (χ1) is 10.1. The Morgan fingerprint density at radius 3 is 2.67 bits per heavy atom. The van der Waals surface area contributed by atoms with Gasteiger partial charge in [-0.2, -0.15) is 0 Å². The van der Waals surface area contributed by atoms with Crippen LogP contribution < -0.4 is 5.32 Å². The Bertz CT molecular complexity index is 791. The second-order valence-electron chi connectivity index (χ2n) is 5.35. The van der Waals surface area contributed by atoms with Gasteiger partial charge in [-0.15, -0.1) is 0 Å². The van der Waals surface area contributed by atoms with Crippen molar-refractivity contribution in [2.24, 2.45) is 0 Å². The zero-order valence-corrected chi connectivity index (χ0v) is 12.4. The Labute approximate surface area is 123 Å². The molecule has 3 heteroatoms. The minimum Gasteiger partial charge on any atom is -0.456 e. The number of hydrogen-bond donors (Lipinski definition) is 1. The standard InChI is InChI=1S/C18H18FNO/c1-11-5-4-6-14-10-17(21-18(11)14)15-9-13(12(2)20-3)7-8-16(15)19/h4-10,12,20H,1-3H3. The second kappa shape index (κ2) is 5.34. The monoisotopic (exact) mass is 283 g/mol. The molecule has 0 bridgehead atoms. The molecule has 2 nitrogen and oxygen atoms in total. The summed E-state index contributed by atoms with van der Waals surface area (Å²) in [5, 5.41) is 4.16. The molecule has 0 aliphatic carbocycles. The van der Waals surface area contributed by atoms with Crippen molar-refractivity contribution in [2.45, 2.75) is 19.9 Å². The summed E-state index contributed by atoms with van der Waals surface area (Å²) in [6.07, 6.45) is 0. The van der Waals surface area contributed by atoms with E-state index in [2.05, 4.69) is 5.32 Å². The maximum absolute atomic E-state index is 14.2. The molecule has 0 fully saturated rings. The fraction of sp³-hybridized carbons (Fsp3) is 0.222. The van der Waals surface area contributed by atoms with Crippen LogP contribution in [0.15, 0.2) is 46.9 Å². The lowest BCUT2D eigenvalue weighted by atomic mass is 10.0. The van der Waals surface area contributed by atoms with Crippen LogP contribution in [-0.2, 0) is 0 Å². The molecule has 3 aromatic rings. The highest BCUT2D eigenvalue weighted by molar-refractivity contribution is 5.85. The highest BCUT2D eigenvalue weighted by Gasteiger charge is 2.14. The number of benzene rings is 2. The summed E-state index contributed by atoms with van der Waals surface area (Å²) >= 11 is 0. The van der Waals surface area contributed by atoms with Gasteiger partial charge in [-0.25, -0.2) is 4.39 Å². The second-order valence-corrected chi connectivity index (χ2v) is 5.35. The van der Waals surface area contributed by atoms with Gasteiger partial charge in [0, 0.05) is 11.4 Å². The van der Waals surface area contributed by atoms with Crippen molar-refractivity contribution >= 4 is 11.0 Å². The van der Waals surface area contributed by atoms with Crippen LogP contribution in [0.1, 0.15) is 24.1 Å². The number of para-hydroxylation sites is 1. The van der Waals surface area contributed by atoms with Crippen molar-refractivity contribution < 1.29 is 8.81 Å². The average Bonchev–Trinajstić information content (AvgIpc) is 2.92. The molecule has 1 atom stereocenters.